The SMILES string of the molecule is CC(C)COCCOC1(CNC(C)C)CCC(C)CC1. The molecule has 3 nitrogen and oxygen atoms in total. The molecule has 1 aliphatic carbocycles. The Kier molecular flexibility index (Phi) is 8.08. The van der Waals surface area contributed by atoms with Crippen molar-refractivity contribution in [2.24, 2.45) is 11.8 Å². The fourth-order valence-electron chi connectivity index (χ4n) is 2.69. The quantitative estimate of drug-likeness (QED) is 0.656. The zero-order valence-corrected chi connectivity index (χ0v) is 14.2. The average molecular weight is 285 g/mol. The van der Waals surface area contributed by atoms with E-state index >= 15 is 0 Å². The first-order valence-corrected chi connectivity index (χ1v) is 8.38. The Labute approximate surface area is 125 Å². The van der Waals surface area contributed by atoms with E-state index in [0.717, 1.165) is 32.3 Å². The van der Waals surface area contributed by atoms with Crippen molar-refractivity contribution in [3.8, 4) is 0 Å². The van der Waals surface area contributed by atoms with Crippen molar-refractivity contribution in [1.82, 2.24) is 5.32 Å². The fraction of sp³-hybridized carbons (Fsp3) is 1.00. The Morgan fingerprint density at radius 2 is 1.75 bits per heavy atom. The lowest BCUT2D eigenvalue weighted by Crippen LogP contribution is -2.48. The second-order valence-electron chi connectivity index (χ2n) is 7.22. The maximum absolute atomic E-state index is 6.26. The van der Waals surface area contributed by atoms with Gasteiger partial charge in [-0.15, -0.1) is 0 Å². The smallest absolute Gasteiger partial charge is 0.0807 e. The molecule has 0 saturated heterocycles. The van der Waals surface area contributed by atoms with E-state index in [2.05, 4.69) is 39.9 Å². The van der Waals surface area contributed by atoms with Gasteiger partial charge in [-0.3, -0.25) is 0 Å². The Morgan fingerprint density at radius 1 is 1.10 bits per heavy atom. The van der Waals surface area contributed by atoms with Crippen LogP contribution in [0, 0.1) is 11.8 Å². The highest BCUT2D eigenvalue weighted by Gasteiger charge is 2.34. The molecule has 120 valence electrons. The molecule has 0 bridgehead atoms. The normalized spacial score (nSPS) is 27.4. The monoisotopic (exact) mass is 285 g/mol. The highest BCUT2D eigenvalue weighted by Crippen LogP contribution is 2.34. The summed E-state index contributed by atoms with van der Waals surface area (Å²) in [7, 11) is 0. The van der Waals surface area contributed by atoms with Crippen LogP contribution < -0.4 is 5.32 Å². The molecule has 1 aliphatic rings. The van der Waals surface area contributed by atoms with Crippen molar-refractivity contribution in [1.29, 1.82) is 0 Å². The van der Waals surface area contributed by atoms with E-state index in [1.165, 1.54) is 25.7 Å². The van der Waals surface area contributed by atoms with Gasteiger partial charge in [0.05, 0.1) is 18.8 Å². The lowest BCUT2D eigenvalue weighted by Gasteiger charge is -2.40. The van der Waals surface area contributed by atoms with Crippen LogP contribution in [0.2, 0.25) is 0 Å². The molecule has 0 amide bonds. The van der Waals surface area contributed by atoms with Crippen LogP contribution in [0.15, 0.2) is 0 Å². The summed E-state index contributed by atoms with van der Waals surface area (Å²) in [4.78, 5) is 0. The van der Waals surface area contributed by atoms with E-state index in [1.807, 2.05) is 0 Å². The second-order valence-corrected chi connectivity index (χ2v) is 7.22. The van der Waals surface area contributed by atoms with Crippen LogP contribution in [-0.4, -0.2) is 38.0 Å². The Morgan fingerprint density at radius 3 is 2.30 bits per heavy atom. The maximum atomic E-state index is 6.26. The molecular formula is C17H35NO2. The van der Waals surface area contributed by atoms with Gasteiger partial charge in [-0.2, -0.15) is 0 Å². The summed E-state index contributed by atoms with van der Waals surface area (Å²) in [5, 5.41) is 3.56. The molecule has 0 aromatic heterocycles. The first kappa shape index (κ1) is 17.9. The van der Waals surface area contributed by atoms with Gasteiger partial charge in [0.1, 0.15) is 0 Å². The molecule has 1 rings (SSSR count). The number of hydrogen-bond donors (Lipinski definition) is 1. The van der Waals surface area contributed by atoms with Crippen LogP contribution in [0.4, 0.5) is 0 Å². The minimum atomic E-state index is 0.0397. The maximum Gasteiger partial charge on any atom is 0.0807 e. The van der Waals surface area contributed by atoms with E-state index in [-0.39, 0.29) is 5.60 Å². The molecule has 0 aromatic rings. The zero-order valence-electron chi connectivity index (χ0n) is 14.2. The largest absolute Gasteiger partial charge is 0.379 e. The number of hydrogen-bond acceptors (Lipinski definition) is 3. The topological polar surface area (TPSA) is 30.5 Å². The first-order valence-electron chi connectivity index (χ1n) is 8.38. The number of nitrogens with one attached hydrogen (secondary N) is 1. The molecule has 1 fully saturated rings. The molecule has 0 aromatic carbocycles. The van der Waals surface area contributed by atoms with Crippen molar-refractivity contribution < 1.29 is 9.47 Å². The van der Waals surface area contributed by atoms with Crippen LogP contribution in [0.25, 0.3) is 0 Å². The van der Waals surface area contributed by atoms with Crippen molar-refractivity contribution in [2.45, 2.75) is 71.9 Å². The van der Waals surface area contributed by atoms with E-state index in [4.69, 9.17) is 9.47 Å². The minimum absolute atomic E-state index is 0.0397. The summed E-state index contributed by atoms with van der Waals surface area (Å²) in [6.07, 6.45) is 4.93. The Balaban J connectivity index is 2.34. The standard InChI is InChI=1S/C17H35NO2/c1-14(2)12-19-10-11-20-17(13-18-15(3)4)8-6-16(5)7-9-17/h14-16,18H,6-13H2,1-5H3. The first-order chi connectivity index (χ1) is 9.43. The number of ether oxygens (including phenoxy) is 2. The van der Waals surface area contributed by atoms with Gasteiger partial charge < -0.3 is 14.8 Å². The van der Waals surface area contributed by atoms with Crippen molar-refractivity contribution in [2.75, 3.05) is 26.4 Å². The lowest BCUT2D eigenvalue weighted by atomic mass is 9.79. The van der Waals surface area contributed by atoms with Gasteiger partial charge in [-0.25, -0.2) is 0 Å². The number of rotatable bonds is 9. The highest BCUT2D eigenvalue weighted by molar-refractivity contribution is 4.89. The third-order valence-corrected chi connectivity index (χ3v) is 4.11. The summed E-state index contributed by atoms with van der Waals surface area (Å²) in [5.41, 5.74) is 0.0397. The molecule has 0 spiro atoms. The minimum Gasteiger partial charge on any atom is -0.379 e. The summed E-state index contributed by atoms with van der Waals surface area (Å²) >= 11 is 0. The highest BCUT2D eigenvalue weighted by atomic mass is 16.5. The van der Waals surface area contributed by atoms with Gasteiger partial charge in [0.2, 0.25) is 0 Å². The summed E-state index contributed by atoms with van der Waals surface area (Å²) in [6.45, 7) is 14.4. The molecule has 0 aliphatic heterocycles. The third kappa shape index (κ3) is 7.05. The van der Waals surface area contributed by atoms with E-state index < -0.39 is 0 Å². The van der Waals surface area contributed by atoms with Crippen LogP contribution in [0.5, 0.6) is 0 Å². The van der Waals surface area contributed by atoms with Gasteiger partial charge in [0.25, 0.3) is 0 Å². The molecule has 1 saturated carbocycles. The molecular weight excluding hydrogens is 250 g/mol. The molecule has 0 heterocycles. The molecule has 0 atom stereocenters. The van der Waals surface area contributed by atoms with Crippen LogP contribution in [0.3, 0.4) is 0 Å². The van der Waals surface area contributed by atoms with Gasteiger partial charge in [0.15, 0.2) is 0 Å². The third-order valence-electron chi connectivity index (χ3n) is 4.11. The van der Waals surface area contributed by atoms with Crippen molar-refractivity contribution in [3.05, 3.63) is 0 Å². The Hall–Kier alpha value is -0.120. The summed E-state index contributed by atoms with van der Waals surface area (Å²) < 4.78 is 11.9. The van der Waals surface area contributed by atoms with Crippen LogP contribution >= 0.6 is 0 Å². The van der Waals surface area contributed by atoms with Crippen molar-refractivity contribution in [3.63, 3.8) is 0 Å². The van der Waals surface area contributed by atoms with Gasteiger partial charge >= 0.3 is 0 Å². The average Bonchev–Trinajstić information content (AvgIpc) is 2.39. The molecule has 3 heteroatoms. The predicted molar refractivity (Wildman–Crippen MR) is 85.1 cm³/mol. The van der Waals surface area contributed by atoms with E-state index in [0.29, 0.717) is 12.0 Å². The lowest BCUT2D eigenvalue weighted by molar-refractivity contribution is -0.0936. The molecule has 0 radical (unpaired) electrons. The van der Waals surface area contributed by atoms with Gasteiger partial charge in [-0.1, -0.05) is 34.6 Å². The van der Waals surface area contributed by atoms with E-state index in [1.54, 1.807) is 0 Å². The van der Waals surface area contributed by atoms with Crippen LogP contribution in [-0.2, 0) is 9.47 Å². The molecule has 1 N–H and O–H groups in total. The summed E-state index contributed by atoms with van der Waals surface area (Å²) in [6, 6.07) is 0.520. The predicted octanol–water partition coefficient (Wildman–Crippen LogP) is 3.62. The van der Waals surface area contributed by atoms with E-state index in [9.17, 15) is 0 Å². The second kappa shape index (κ2) is 9.01. The molecule has 0 unspecified atom stereocenters. The molecule has 20 heavy (non-hydrogen) atoms. The van der Waals surface area contributed by atoms with Crippen LogP contribution in [0.1, 0.15) is 60.3 Å². The van der Waals surface area contributed by atoms with Crippen molar-refractivity contribution >= 4 is 0 Å². The van der Waals surface area contributed by atoms with Gasteiger partial charge in [0, 0.05) is 19.2 Å². The Bertz CT molecular complexity index is 245. The zero-order chi connectivity index (χ0) is 15.0. The fourth-order valence-corrected chi connectivity index (χ4v) is 2.69. The summed E-state index contributed by atoms with van der Waals surface area (Å²) in [5.74, 6) is 1.45. The van der Waals surface area contributed by atoms with Gasteiger partial charge in [-0.05, 0) is 37.5 Å².